The Kier molecular flexibility index (Phi) is 6.69. The normalized spacial score (nSPS) is 45.6. The van der Waals surface area contributed by atoms with Crippen molar-refractivity contribution in [1.82, 2.24) is 4.98 Å². The summed E-state index contributed by atoms with van der Waals surface area (Å²) < 4.78 is 12.4. The maximum atomic E-state index is 13.5. The molecule has 0 aliphatic heterocycles. The molecule has 4 saturated carbocycles. The molecule has 1 heterocycles. The van der Waals surface area contributed by atoms with Crippen LogP contribution in [0.3, 0.4) is 0 Å². The molecular formula is C29H41NO7. The van der Waals surface area contributed by atoms with Gasteiger partial charge >= 0.3 is 11.9 Å². The molecule has 0 spiro atoms. The van der Waals surface area contributed by atoms with E-state index in [4.69, 9.17) is 9.47 Å². The Balaban J connectivity index is 1.66. The molecule has 37 heavy (non-hydrogen) atoms. The quantitative estimate of drug-likeness (QED) is 0.522. The van der Waals surface area contributed by atoms with Crippen LogP contribution in [-0.4, -0.2) is 62.3 Å². The van der Waals surface area contributed by atoms with Crippen molar-refractivity contribution >= 4 is 11.9 Å². The van der Waals surface area contributed by atoms with Crippen LogP contribution in [0.2, 0.25) is 0 Å². The number of carbonyl (C=O) groups excluding carboxylic acids is 2. The molecule has 0 saturated heterocycles. The van der Waals surface area contributed by atoms with Gasteiger partial charge in [-0.15, -0.1) is 0 Å². The fraction of sp³-hybridized carbons (Fsp3) is 0.759. The van der Waals surface area contributed by atoms with E-state index in [2.05, 4.69) is 11.9 Å². The van der Waals surface area contributed by atoms with Crippen LogP contribution >= 0.6 is 0 Å². The smallest absolute Gasteiger partial charge is 0.340 e. The van der Waals surface area contributed by atoms with Crippen molar-refractivity contribution in [1.29, 1.82) is 0 Å². The predicted octanol–water partition coefficient (Wildman–Crippen LogP) is 3.27. The van der Waals surface area contributed by atoms with Gasteiger partial charge in [-0.3, -0.25) is 9.78 Å². The number of nitrogens with zero attached hydrogens (tertiary/aromatic N) is 1. The molecule has 11 unspecified atom stereocenters. The van der Waals surface area contributed by atoms with Gasteiger partial charge in [0.15, 0.2) is 0 Å². The first-order valence-corrected chi connectivity index (χ1v) is 13.8. The van der Waals surface area contributed by atoms with Crippen LogP contribution in [0.15, 0.2) is 24.5 Å². The molecule has 0 amide bonds. The van der Waals surface area contributed by atoms with Crippen LogP contribution in [0.4, 0.5) is 0 Å². The molecule has 3 N–H and O–H groups in total. The molecule has 0 aromatic carbocycles. The lowest BCUT2D eigenvalue weighted by Gasteiger charge is -2.66. The SMILES string of the molecule is CC(=O)OC1C(OC(=O)c2cccnc2)C2C(CCC3CC(O)CCC32C)C2(O)CCC(C(C)O)C12C. The van der Waals surface area contributed by atoms with E-state index in [1.165, 1.54) is 13.1 Å². The number of rotatable bonds is 4. The summed E-state index contributed by atoms with van der Waals surface area (Å²) >= 11 is 0. The fourth-order valence-electron chi connectivity index (χ4n) is 9.20. The molecule has 1 aromatic rings. The first-order chi connectivity index (χ1) is 17.4. The Morgan fingerprint density at radius 1 is 1.14 bits per heavy atom. The average molecular weight is 516 g/mol. The summed E-state index contributed by atoms with van der Waals surface area (Å²) in [5.41, 5.74) is -2.21. The second kappa shape index (κ2) is 9.31. The van der Waals surface area contributed by atoms with E-state index in [1.807, 2.05) is 6.92 Å². The third-order valence-corrected chi connectivity index (χ3v) is 10.9. The van der Waals surface area contributed by atoms with E-state index in [0.29, 0.717) is 31.2 Å². The van der Waals surface area contributed by atoms with Crippen LogP contribution in [-0.2, 0) is 14.3 Å². The number of pyridine rings is 1. The van der Waals surface area contributed by atoms with E-state index in [9.17, 15) is 24.9 Å². The van der Waals surface area contributed by atoms with Crippen LogP contribution in [0.5, 0.6) is 0 Å². The van der Waals surface area contributed by atoms with Gasteiger partial charge in [-0.25, -0.2) is 4.79 Å². The zero-order chi connectivity index (χ0) is 26.8. The van der Waals surface area contributed by atoms with Gasteiger partial charge in [0.05, 0.1) is 23.4 Å². The molecular weight excluding hydrogens is 474 g/mol. The van der Waals surface area contributed by atoms with Crippen molar-refractivity contribution in [3.63, 3.8) is 0 Å². The lowest BCUT2D eigenvalue weighted by molar-refractivity contribution is -0.292. The minimum Gasteiger partial charge on any atom is -0.458 e. The fourth-order valence-corrected chi connectivity index (χ4v) is 9.20. The van der Waals surface area contributed by atoms with Gasteiger partial charge in [0.2, 0.25) is 0 Å². The number of aliphatic hydroxyl groups excluding tert-OH is 2. The van der Waals surface area contributed by atoms with Crippen molar-refractivity contribution in [2.24, 2.45) is 34.5 Å². The van der Waals surface area contributed by atoms with Crippen LogP contribution in [0.1, 0.15) is 83.0 Å². The number of aromatic nitrogens is 1. The summed E-state index contributed by atoms with van der Waals surface area (Å²) in [6.07, 6.45) is 4.93. The summed E-state index contributed by atoms with van der Waals surface area (Å²) in [4.78, 5) is 30.1. The van der Waals surface area contributed by atoms with Gasteiger partial charge in [0.25, 0.3) is 0 Å². The van der Waals surface area contributed by atoms with Crippen molar-refractivity contribution in [2.45, 2.75) is 103 Å². The highest BCUT2D eigenvalue weighted by molar-refractivity contribution is 5.89. The minimum absolute atomic E-state index is 0.198. The Hall–Kier alpha value is -2.03. The Bertz CT molecular complexity index is 1030. The monoisotopic (exact) mass is 515 g/mol. The van der Waals surface area contributed by atoms with E-state index in [1.54, 1.807) is 25.3 Å². The lowest BCUT2D eigenvalue weighted by Crippen LogP contribution is -2.73. The number of hydrogen-bond acceptors (Lipinski definition) is 8. The zero-order valence-electron chi connectivity index (χ0n) is 22.3. The third kappa shape index (κ3) is 3.93. The van der Waals surface area contributed by atoms with Crippen LogP contribution in [0.25, 0.3) is 0 Å². The van der Waals surface area contributed by atoms with Crippen molar-refractivity contribution < 1.29 is 34.4 Å². The van der Waals surface area contributed by atoms with Gasteiger partial charge < -0.3 is 24.8 Å². The van der Waals surface area contributed by atoms with Crippen molar-refractivity contribution in [3.05, 3.63) is 30.1 Å². The van der Waals surface area contributed by atoms with Gasteiger partial charge in [0.1, 0.15) is 12.2 Å². The second-order valence-electron chi connectivity index (χ2n) is 12.6. The minimum atomic E-state index is -1.19. The number of carbonyl (C=O) groups is 2. The molecule has 0 bridgehead atoms. The molecule has 1 aromatic heterocycles. The van der Waals surface area contributed by atoms with E-state index in [-0.39, 0.29) is 35.2 Å². The molecule has 4 fully saturated rings. The van der Waals surface area contributed by atoms with Gasteiger partial charge in [-0.1, -0.05) is 13.8 Å². The lowest BCUT2D eigenvalue weighted by atomic mass is 9.41. The molecule has 8 nitrogen and oxygen atoms in total. The van der Waals surface area contributed by atoms with Crippen LogP contribution < -0.4 is 0 Å². The van der Waals surface area contributed by atoms with Gasteiger partial charge in [0, 0.05) is 30.7 Å². The molecule has 8 heteroatoms. The summed E-state index contributed by atoms with van der Waals surface area (Å²) in [6.45, 7) is 7.16. The molecule has 5 rings (SSSR count). The van der Waals surface area contributed by atoms with Crippen LogP contribution in [0, 0.1) is 34.5 Å². The Morgan fingerprint density at radius 3 is 2.54 bits per heavy atom. The average Bonchev–Trinajstić information content (AvgIpc) is 3.14. The Morgan fingerprint density at radius 2 is 1.89 bits per heavy atom. The highest BCUT2D eigenvalue weighted by atomic mass is 16.6. The number of fused-ring (bicyclic) bond motifs is 5. The molecule has 0 radical (unpaired) electrons. The van der Waals surface area contributed by atoms with E-state index < -0.39 is 41.3 Å². The zero-order valence-corrected chi connectivity index (χ0v) is 22.3. The maximum Gasteiger partial charge on any atom is 0.340 e. The van der Waals surface area contributed by atoms with Crippen molar-refractivity contribution in [3.8, 4) is 0 Å². The molecule has 11 atom stereocenters. The number of hydrogen-bond donors (Lipinski definition) is 3. The van der Waals surface area contributed by atoms with Gasteiger partial charge in [-0.2, -0.15) is 0 Å². The molecule has 4 aliphatic rings. The first kappa shape index (κ1) is 26.6. The van der Waals surface area contributed by atoms with Gasteiger partial charge in [-0.05, 0) is 87.2 Å². The predicted molar refractivity (Wildman–Crippen MR) is 134 cm³/mol. The highest BCUT2D eigenvalue weighted by Gasteiger charge is 2.75. The third-order valence-electron chi connectivity index (χ3n) is 10.9. The number of esters is 2. The Labute approximate surface area is 218 Å². The summed E-state index contributed by atoms with van der Waals surface area (Å²) in [5, 5.41) is 33.9. The first-order valence-electron chi connectivity index (χ1n) is 13.8. The number of aliphatic hydroxyl groups is 3. The summed E-state index contributed by atoms with van der Waals surface area (Å²) in [5.74, 6) is -1.65. The van der Waals surface area contributed by atoms with Crippen molar-refractivity contribution in [2.75, 3.05) is 0 Å². The second-order valence-corrected chi connectivity index (χ2v) is 12.6. The molecule has 4 aliphatic carbocycles. The topological polar surface area (TPSA) is 126 Å². The van der Waals surface area contributed by atoms with E-state index >= 15 is 0 Å². The largest absolute Gasteiger partial charge is 0.458 e. The highest BCUT2D eigenvalue weighted by Crippen LogP contribution is 2.70. The number of ether oxygens (including phenoxy) is 2. The van der Waals surface area contributed by atoms with E-state index in [0.717, 1.165) is 19.3 Å². The summed E-state index contributed by atoms with van der Waals surface area (Å²) in [6, 6.07) is 3.32. The standard InChI is InChI=1S/C29H41NO7/c1-16(31)21-10-12-29(35)22-8-7-19-14-20(33)9-11-27(19,3)23(22)24(25(28(21,29)4)36-17(2)32)37-26(34)18-6-5-13-30-15-18/h5-6,13,15-16,19-25,31,33,35H,7-12,14H2,1-4H3. The summed E-state index contributed by atoms with van der Waals surface area (Å²) in [7, 11) is 0. The maximum absolute atomic E-state index is 13.5. The molecule has 204 valence electrons.